The molecule has 0 aromatic heterocycles. The molecule has 18 valence electrons. The van der Waals surface area contributed by atoms with Gasteiger partial charge in [-0.3, -0.25) is 0 Å². The van der Waals surface area contributed by atoms with Crippen LogP contribution in [0.15, 0.2) is 0 Å². The molecular weight excluding hydrogens is 83.6 g/mol. The lowest BCUT2D eigenvalue weighted by molar-refractivity contribution is 4.83. The van der Waals surface area contributed by atoms with Crippen LogP contribution in [0.3, 0.4) is 0 Å². The van der Waals surface area contributed by atoms with Gasteiger partial charge in [-0.2, -0.15) is 16.3 Å². The SMILES string of the molecule is [B]PP[B]. The average Bonchev–Trinajstić information content (AvgIpc) is 1.37. The van der Waals surface area contributed by atoms with E-state index in [1.54, 1.807) is 0 Å². The molecule has 4 radical (unpaired) electrons. The summed E-state index contributed by atoms with van der Waals surface area (Å²) in [4.78, 5) is 0. The van der Waals surface area contributed by atoms with Crippen LogP contribution >= 0.6 is 16.3 Å². The zero-order valence-corrected chi connectivity index (χ0v) is 4.15. The van der Waals surface area contributed by atoms with Gasteiger partial charge in [0.1, 0.15) is 15.1 Å². The molecule has 0 heterocycles. The van der Waals surface area contributed by atoms with Gasteiger partial charge in [0.15, 0.2) is 0 Å². The number of rotatable bonds is 1. The van der Waals surface area contributed by atoms with Crippen molar-refractivity contribution in [2.45, 2.75) is 0 Å². The van der Waals surface area contributed by atoms with E-state index < -0.39 is 0 Å². The van der Waals surface area contributed by atoms with Crippen molar-refractivity contribution < 1.29 is 0 Å². The first-order chi connectivity index (χ1) is 1.91. The predicted molar refractivity (Wildman–Crippen MR) is 28.1 cm³/mol. The summed E-state index contributed by atoms with van der Waals surface area (Å²) >= 11 is 0. The maximum Gasteiger partial charge on any atom is 0.109 e. The molecule has 0 saturated carbocycles. The summed E-state index contributed by atoms with van der Waals surface area (Å²) in [6.07, 6.45) is 0. The van der Waals surface area contributed by atoms with Gasteiger partial charge in [-0.25, -0.2) is 0 Å². The highest BCUT2D eigenvalue weighted by atomic mass is 32.0. The molecule has 0 amide bonds. The quantitative estimate of drug-likeness (QED) is 0.320. The highest BCUT2D eigenvalue weighted by Crippen LogP contribution is 2.24. The van der Waals surface area contributed by atoms with Gasteiger partial charge in [-0.15, -0.1) is 0 Å². The Hall–Kier alpha value is 0.990. The minimum Gasteiger partial charge on any atom is -0.160 e. The van der Waals surface area contributed by atoms with Crippen molar-refractivity contribution >= 4 is 31.4 Å². The van der Waals surface area contributed by atoms with Crippen LogP contribution in [-0.2, 0) is 0 Å². The van der Waals surface area contributed by atoms with Gasteiger partial charge < -0.3 is 0 Å². The van der Waals surface area contributed by atoms with E-state index in [1.807, 2.05) is 0 Å². The van der Waals surface area contributed by atoms with E-state index in [4.69, 9.17) is 15.1 Å². The van der Waals surface area contributed by atoms with Gasteiger partial charge in [0.05, 0.1) is 0 Å². The second kappa shape index (κ2) is 3.99. The summed E-state index contributed by atoms with van der Waals surface area (Å²) in [5.41, 5.74) is 0. The molecule has 0 aliphatic carbocycles. The van der Waals surface area contributed by atoms with Crippen molar-refractivity contribution in [2.24, 2.45) is 0 Å². The van der Waals surface area contributed by atoms with Crippen LogP contribution < -0.4 is 0 Å². The van der Waals surface area contributed by atoms with Crippen LogP contribution in [0.1, 0.15) is 0 Å². The van der Waals surface area contributed by atoms with E-state index in [2.05, 4.69) is 0 Å². The summed E-state index contributed by atoms with van der Waals surface area (Å²) in [5.74, 6) is 0. The Balaban J connectivity index is 1.97. The molecule has 0 aromatic carbocycles. The lowest BCUT2D eigenvalue weighted by atomic mass is 10.8. The Bertz CT molecular complexity index is 6.00. The molecule has 0 nitrogen and oxygen atoms in total. The minimum absolute atomic E-state index is 0.446. The zero-order valence-electron chi connectivity index (χ0n) is 2.15. The lowest BCUT2D eigenvalue weighted by Gasteiger charge is -1.71. The summed E-state index contributed by atoms with van der Waals surface area (Å²) in [7, 11) is 10.8. The fourth-order valence-electron chi connectivity index (χ4n) is 0. The topological polar surface area (TPSA) is 0 Å². The molecule has 0 aliphatic rings. The van der Waals surface area contributed by atoms with Crippen LogP contribution in [0, 0.1) is 0 Å². The van der Waals surface area contributed by atoms with Gasteiger partial charge in [-0.1, -0.05) is 0 Å². The van der Waals surface area contributed by atoms with Crippen LogP contribution in [0.2, 0.25) is 0 Å². The fraction of sp³-hybridized carbons (Fsp3) is 0. The van der Waals surface area contributed by atoms with Crippen molar-refractivity contribution in [3.05, 3.63) is 0 Å². The lowest BCUT2D eigenvalue weighted by Crippen LogP contribution is -1.27. The Labute approximate surface area is 32.3 Å². The third-order valence-electron chi connectivity index (χ3n) is 0.0833. The van der Waals surface area contributed by atoms with E-state index >= 15 is 0 Å². The highest BCUT2D eigenvalue weighted by Gasteiger charge is 1.54. The molecule has 0 spiro atoms. The van der Waals surface area contributed by atoms with Crippen molar-refractivity contribution in [2.75, 3.05) is 0 Å². The van der Waals surface area contributed by atoms with Gasteiger partial charge >= 0.3 is 0 Å². The molecule has 4 heavy (non-hydrogen) atoms. The van der Waals surface area contributed by atoms with Crippen molar-refractivity contribution in [3.8, 4) is 0 Å². The van der Waals surface area contributed by atoms with E-state index in [0.717, 1.165) is 0 Å². The molecule has 0 bridgehead atoms. The minimum atomic E-state index is 0.446. The monoisotopic (exact) mass is 86.0 g/mol. The van der Waals surface area contributed by atoms with Crippen molar-refractivity contribution in [3.63, 3.8) is 0 Å². The van der Waals surface area contributed by atoms with Gasteiger partial charge in [0.25, 0.3) is 0 Å². The largest absolute Gasteiger partial charge is 0.160 e. The molecule has 0 aromatic rings. The molecule has 0 fully saturated rings. The second-order valence-electron chi connectivity index (χ2n) is 0.289. The van der Waals surface area contributed by atoms with Crippen LogP contribution in [0.25, 0.3) is 0 Å². The van der Waals surface area contributed by atoms with Gasteiger partial charge in [0, 0.05) is 0 Å². The van der Waals surface area contributed by atoms with Crippen LogP contribution in [0.4, 0.5) is 0 Å². The maximum absolute atomic E-state index is 4.94. The first-order valence-electron chi connectivity index (χ1n) is 0.827. The maximum atomic E-state index is 4.94. The van der Waals surface area contributed by atoms with Crippen LogP contribution in [-0.4, -0.2) is 15.1 Å². The molecule has 0 aliphatic heterocycles. The molecule has 0 saturated heterocycles. The molecule has 0 N–H and O–H groups in total. The summed E-state index contributed by atoms with van der Waals surface area (Å²) in [6, 6.07) is 0. The first-order valence-corrected chi connectivity index (χ1v) is 3.98. The van der Waals surface area contributed by atoms with Crippen molar-refractivity contribution in [1.29, 1.82) is 0 Å². The van der Waals surface area contributed by atoms with E-state index in [1.165, 1.54) is 0 Å². The molecule has 4 heteroatoms. The fourth-order valence-corrected chi connectivity index (χ4v) is 0. The standard InChI is InChI=1S/B2H2P2/c1-3-4-2/h3-4H. The smallest absolute Gasteiger partial charge is 0.109 e. The predicted octanol–water partition coefficient (Wildman–Crippen LogP) is 0.425. The van der Waals surface area contributed by atoms with E-state index in [-0.39, 0.29) is 0 Å². The molecule has 2 unspecified atom stereocenters. The Kier molecular flexibility index (Phi) is 4.98. The normalized spacial score (nSPS) is 13.0. The Morgan fingerprint density at radius 2 is 1.25 bits per heavy atom. The summed E-state index contributed by atoms with van der Waals surface area (Å²) in [6.45, 7) is 0. The summed E-state index contributed by atoms with van der Waals surface area (Å²) < 4.78 is 0. The number of hydrogen-bond donors (Lipinski definition) is 0. The average molecular weight is 85.6 g/mol. The first kappa shape index (κ1) is 4.99. The Morgan fingerprint density at radius 3 is 1.25 bits per heavy atom. The Morgan fingerprint density at radius 1 is 1.00 bits per heavy atom. The molecular formula is H2B2P2. The number of hydrogen-bond acceptors (Lipinski definition) is 0. The van der Waals surface area contributed by atoms with Crippen LogP contribution in [0.5, 0.6) is 0 Å². The molecule has 2 atom stereocenters. The molecule has 0 rings (SSSR count). The summed E-state index contributed by atoms with van der Waals surface area (Å²) in [5, 5.41) is 0. The highest BCUT2D eigenvalue weighted by molar-refractivity contribution is 8.31. The zero-order chi connectivity index (χ0) is 3.41. The van der Waals surface area contributed by atoms with E-state index in [0.29, 0.717) is 16.3 Å². The van der Waals surface area contributed by atoms with Gasteiger partial charge in [0.2, 0.25) is 0 Å². The van der Waals surface area contributed by atoms with Gasteiger partial charge in [-0.05, 0) is 0 Å². The third-order valence-corrected chi connectivity index (χ3v) is 0.750. The van der Waals surface area contributed by atoms with E-state index in [9.17, 15) is 0 Å². The third kappa shape index (κ3) is 2.99. The van der Waals surface area contributed by atoms with Crippen molar-refractivity contribution in [1.82, 2.24) is 0 Å². The second-order valence-corrected chi connectivity index (χ2v) is 2.60.